The Morgan fingerprint density at radius 3 is 2.95 bits per heavy atom. The highest BCUT2D eigenvalue weighted by atomic mass is 16.2. The molecule has 2 amide bonds. The minimum absolute atomic E-state index is 0.0435. The van der Waals surface area contributed by atoms with Crippen molar-refractivity contribution in [2.75, 3.05) is 20.1 Å². The molecule has 1 aromatic heterocycles. The fourth-order valence-corrected chi connectivity index (χ4v) is 2.38. The van der Waals surface area contributed by atoms with E-state index in [1.165, 1.54) is 0 Å². The topological polar surface area (TPSA) is 67.2 Å². The molecule has 6 heteroatoms. The van der Waals surface area contributed by atoms with Crippen LogP contribution in [0.1, 0.15) is 18.5 Å². The van der Waals surface area contributed by atoms with Crippen LogP contribution in [0.3, 0.4) is 0 Å². The van der Waals surface area contributed by atoms with Crippen molar-refractivity contribution in [2.45, 2.75) is 26.3 Å². The van der Waals surface area contributed by atoms with Crippen LogP contribution in [0.25, 0.3) is 0 Å². The zero-order chi connectivity index (χ0) is 13.8. The number of nitrogens with zero attached hydrogens (tertiary/aromatic N) is 3. The van der Waals surface area contributed by atoms with E-state index in [4.69, 9.17) is 0 Å². The van der Waals surface area contributed by atoms with Gasteiger partial charge in [0, 0.05) is 32.8 Å². The van der Waals surface area contributed by atoms with Crippen LogP contribution in [0.4, 0.5) is 0 Å². The number of rotatable bonds is 4. The first-order valence-electron chi connectivity index (χ1n) is 6.57. The number of hydrogen-bond acceptors (Lipinski definition) is 3. The molecule has 2 heterocycles. The lowest BCUT2D eigenvalue weighted by molar-refractivity contribution is -0.131. The van der Waals surface area contributed by atoms with E-state index >= 15 is 0 Å². The molecule has 1 aliphatic heterocycles. The Hall–Kier alpha value is -1.85. The molecule has 0 aromatic carbocycles. The fraction of sp³-hybridized carbons (Fsp3) is 0.615. The number of nitrogens with one attached hydrogen (secondary N) is 1. The molecule has 0 saturated carbocycles. The summed E-state index contributed by atoms with van der Waals surface area (Å²) < 4.78 is 1.66. The molecule has 1 aliphatic rings. The van der Waals surface area contributed by atoms with E-state index in [1.54, 1.807) is 11.7 Å². The van der Waals surface area contributed by atoms with Crippen molar-refractivity contribution in [1.29, 1.82) is 0 Å². The second-order valence-corrected chi connectivity index (χ2v) is 5.03. The van der Waals surface area contributed by atoms with Crippen LogP contribution >= 0.6 is 0 Å². The minimum atomic E-state index is 0.0435. The van der Waals surface area contributed by atoms with Gasteiger partial charge in [0.15, 0.2) is 0 Å². The van der Waals surface area contributed by atoms with Gasteiger partial charge in [-0.3, -0.25) is 14.3 Å². The molecule has 0 aliphatic carbocycles. The van der Waals surface area contributed by atoms with Crippen molar-refractivity contribution in [3.8, 4) is 0 Å². The summed E-state index contributed by atoms with van der Waals surface area (Å²) in [5.41, 5.74) is 0.909. The van der Waals surface area contributed by atoms with Gasteiger partial charge >= 0.3 is 0 Å². The first-order valence-corrected chi connectivity index (χ1v) is 6.57. The van der Waals surface area contributed by atoms with Gasteiger partial charge in [-0.2, -0.15) is 5.10 Å². The molecule has 0 spiro atoms. The van der Waals surface area contributed by atoms with E-state index in [9.17, 15) is 9.59 Å². The van der Waals surface area contributed by atoms with Crippen molar-refractivity contribution >= 4 is 11.8 Å². The quantitative estimate of drug-likeness (QED) is 0.843. The van der Waals surface area contributed by atoms with Crippen LogP contribution in [0.2, 0.25) is 0 Å². The summed E-state index contributed by atoms with van der Waals surface area (Å²) >= 11 is 0. The van der Waals surface area contributed by atoms with Gasteiger partial charge < -0.3 is 10.2 Å². The summed E-state index contributed by atoms with van der Waals surface area (Å²) in [5.74, 6) is 0.396. The Bertz CT molecular complexity index is 469. The Balaban J connectivity index is 1.83. The smallest absolute Gasteiger partial charge is 0.244 e. The Kier molecular flexibility index (Phi) is 4.19. The molecular formula is C13H20N4O2. The van der Waals surface area contributed by atoms with E-state index < -0.39 is 0 Å². The van der Waals surface area contributed by atoms with Crippen LogP contribution in [-0.4, -0.2) is 46.6 Å². The number of aromatic nitrogens is 2. The standard InChI is InChI=1S/C13H20N4O2/c1-10-3-6-17(15-10)9-13(19)16-5-4-11(8-16)7-12(18)14-2/h3,6,11H,4-5,7-9H2,1-2H3,(H,14,18)/t11-/m0/s1. The van der Waals surface area contributed by atoms with Crippen LogP contribution in [0.15, 0.2) is 12.3 Å². The molecule has 1 saturated heterocycles. The summed E-state index contributed by atoms with van der Waals surface area (Å²) in [6.45, 7) is 3.59. The first kappa shape index (κ1) is 13.6. The van der Waals surface area contributed by atoms with Crippen LogP contribution in [0, 0.1) is 12.8 Å². The highest BCUT2D eigenvalue weighted by Gasteiger charge is 2.27. The Labute approximate surface area is 112 Å². The number of amides is 2. The van der Waals surface area contributed by atoms with Crippen LogP contribution in [-0.2, 0) is 16.1 Å². The van der Waals surface area contributed by atoms with Crippen molar-refractivity contribution < 1.29 is 9.59 Å². The first-order chi connectivity index (χ1) is 9.08. The van der Waals surface area contributed by atoms with Crippen molar-refractivity contribution in [1.82, 2.24) is 20.0 Å². The second kappa shape index (κ2) is 5.86. The monoisotopic (exact) mass is 264 g/mol. The molecule has 1 fully saturated rings. The molecule has 0 radical (unpaired) electrons. The fourth-order valence-electron chi connectivity index (χ4n) is 2.38. The molecule has 104 valence electrons. The maximum atomic E-state index is 12.1. The van der Waals surface area contributed by atoms with E-state index in [2.05, 4.69) is 10.4 Å². The molecule has 1 aromatic rings. The van der Waals surface area contributed by atoms with Crippen molar-refractivity contribution in [3.63, 3.8) is 0 Å². The van der Waals surface area contributed by atoms with E-state index in [-0.39, 0.29) is 24.3 Å². The zero-order valence-electron chi connectivity index (χ0n) is 11.4. The van der Waals surface area contributed by atoms with Crippen LogP contribution in [0.5, 0.6) is 0 Å². The van der Waals surface area contributed by atoms with Gasteiger partial charge in [0.1, 0.15) is 6.54 Å². The van der Waals surface area contributed by atoms with Gasteiger partial charge in [0.05, 0.1) is 5.69 Å². The number of carbonyl (C=O) groups excluding carboxylic acids is 2. The summed E-state index contributed by atoms with van der Waals surface area (Å²) in [4.78, 5) is 25.2. The van der Waals surface area contributed by atoms with Gasteiger partial charge in [-0.1, -0.05) is 0 Å². The third-order valence-corrected chi connectivity index (χ3v) is 3.46. The Morgan fingerprint density at radius 1 is 1.53 bits per heavy atom. The maximum absolute atomic E-state index is 12.1. The van der Waals surface area contributed by atoms with E-state index in [1.807, 2.05) is 24.1 Å². The molecule has 2 rings (SSSR count). The lowest BCUT2D eigenvalue weighted by atomic mass is 10.1. The highest BCUT2D eigenvalue weighted by Crippen LogP contribution is 2.19. The predicted molar refractivity (Wildman–Crippen MR) is 70.3 cm³/mol. The number of carbonyl (C=O) groups is 2. The summed E-state index contributed by atoms with van der Waals surface area (Å²) in [7, 11) is 1.64. The average Bonchev–Trinajstić information content (AvgIpc) is 2.98. The lowest BCUT2D eigenvalue weighted by Crippen LogP contribution is -2.32. The SMILES string of the molecule is CNC(=O)C[C@@H]1CCN(C(=O)Cn2ccc(C)n2)C1. The third kappa shape index (κ3) is 3.56. The Morgan fingerprint density at radius 2 is 2.32 bits per heavy atom. The predicted octanol–water partition coefficient (Wildman–Crippen LogP) is 0.176. The van der Waals surface area contributed by atoms with Crippen LogP contribution < -0.4 is 5.32 Å². The van der Waals surface area contributed by atoms with Gasteiger partial charge in [0.2, 0.25) is 11.8 Å². The largest absolute Gasteiger partial charge is 0.359 e. The molecule has 0 bridgehead atoms. The summed E-state index contributed by atoms with van der Waals surface area (Å²) in [5, 5.41) is 6.83. The molecule has 19 heavy (non-hydrogen) atoms. The number of hydrogen-bond donors (Lipinski definition) is 1. The summed E-state index contributed by atoms with van der Waals surface area (Å²) in [6.07, 6.45) is 3.21. The number of likely N-dealkylation sites (tertiary alicyclic amines) is 1. The molecule has 1 N–H and O–H groups in total. The van der Waals surface area contributed by atoms with Gasteiger partial charge in [-0.25, -0.2) is 0 Å². The van der Waals surface area contributed by atoms with Gasteiger partial charge in [-0.15, -0.1) is 0 Å². The second-order valence-electron chi connectivity index (χ2n) is 5.03. The number of aryl methyl sites for hydroxylation is 1. The van der Waals surface area contributed by atoms with E-state index in [0.717, 1.165) is 18.7 Å². The molecule has 6 nitrogen and oxygen atoms in total. The van der Waals surface area contributed by atoms with Crippen molar-refractivity contribution in [2.24, 2.45) is 5.92 Å². The van der Waals surface area contributed by atoms with E-state index in [0.29, 0.717) is 13.0 Å². The normalized spacial score (nSPS) is 18.6. The molecule has 1 atom stereocenters. The zero-order valence-corrected chi connectivity index (χ0v) is 11.4. The van der Waals surface area contributed by atoms with Gasteiger partial charge in [0.25, 0.3) is 0 Å². The molecular weight excluding hydrogens is 244 g/mol. The highest BCUT2D eigenvalue weighted by molar-refractivity contribution is 5.77. The third-order valence-electron chi connectivity index (χ3n) is 3.46. The minimum Gasteiger partial charge on any atom is -0.359 e. The maximum Gasteiger partial charge on any atom is 0.244 e. The lowest BCUT2D eigenvalue weighted by Gasteiger charge is -2.16. The van der Waals surface area contributed by atoms with Gasteiger partial charge in [-0.05, 0) is 25.3 Å². The average molecular weight is 264 g/mol. The van der Waals surface area contributed by atoms with Crippen molar-refractivity contribution in [3.05, 3.63) is 18.0 Å². The molecule has 0 unspecified atom stereocenters. The summed E-state index contributed by atoms with van der Waals surface area (Å²) in [6, 6.07) is 1.88.